The molecule has 3 heterocycles. The summed E-state index contributed by atoms with van der Waals surface area (Å²) in [5.74, 6) is 0. The third-order valence-corrected chi connectivity index (χ3v) is 3.42. The van der Waals surface area contributed by atoms with Crippen molar-refractivity contribution in [3.8, 4) is 11.3 Å². The first-order chi connectivity index (χ1) is 7.36. The highest BCUT2D eigenvalue weighted by Crippen LogP contribution is 2.24. The standard InChI is InChI=1S/C10H6BrN3S/c11-8-5-13-14-9(1-3-12-10(8)14)7-2-4-15-6-7/h1-6H. The van der Waals surface area contributed by atoms with E-state index in [4.69, 9.17) is 0 Å². The summed E-state index contributed by atoms with van der Waals surface area (Å²) in [5.41, 5.74) is 3.08. The van der Waals surface area contributed by atoms with Crippen LogP contribution in [0.3, 0.4) is 0 Å². The molecule has 3 aromatic heterocycles. The fourth-order valence-corrected chi connectivity index (χ4v) is 2.50. The van der Waals surface area contributed by atoms with Crippen LogP contribution in [0.5, 0.6) is 0 Å². The van der Waals surface area contributed by atoms with Crippen LogP contribution in [0, 0.1) is 0 Å². The van der Waals surface area contributed by atoms with Crippen LogP contribution < -0.4 is 0 Å². The Labute approximate surface area is 98.5 Å². The molecule has 0 atom stereocenters. The lowest BCUT2D eigenvalue weighted by Crippen LogP contribution is -1.94. The molecule has 0 N–H and O–H groups in total. The average molecular weight is 280 g/mol. The van der Waals surface area contributed by atoms with Gasteiger partial charge < -0.3 is 0 Å². The van der Waals surface area contributed by atoms with Crippen molar-refractivity contribution in [3.05, 3.63) is 39.8 Å². The highest BCUT2D eigenvalue weighted by Gasteiger charge is 2.07. The van der Waals surface area contributed by atoms with E-state index in [-0.39, 0.29) is 0 Å². The van der Waals surface area contributed by atoms with Gasteiger partial charge >= 0.3 is 0 Å². The molecule has 15 heavy (non-hydrogen) atoms. The number of aromatic nitrogens is 3. The van der Waals surface area contributed by atoms with E-state index in [2.05, 4.69) is 42.8 Å². The average Bonchev–Trinajstić information content (AvgIpc) is 2.88. The van der Waals surface area contributed by atoms with Crippen LogP contribution in [0.25, 0.3) is 16.9 Å². The Kier molecular flexibility index (Phi) is 2.07. The van der Waals surface area contributed by atoms with Crippen LogP contribution in [0.2, 0.25) is 0 Å². The zero-order valence-corrected chi connectivity index (χ0v) is 9.99. The molecule has 0 bridgehead atoms. The fourth-order valence-electron chi connectivity index (χ4n) is 1.49. The molecule has 0 aliphatic carbocycles. The predicted octanol–water partition coefficient (Wildman–Crippen LogP) is 3.22. The summed E-state index contributed by atoms with van der Waals surface area (Å²) in [6, 6.07) is 4.05. The second-order valence-corrected chi connectivity index (χ2v) is 4.70. The van der Waals surface area contributed by atoms with Crippen molar-refractivity contribution in [3.63, 3.8) is 0 Å². The fraction of sp³-hybridized carbons (Fsp3) is 0. The van der Waals surface area contributed by atoms with Crippen molar-refractivity contribution >= 4 is 32.9 Å². The van der Waals surface area contributed by atoms with E-state index < -0.39 is 0 Å². The van der Waals surface area contributed by atoms with Crippen LogP contribution >= 0.6 is 27.3 Å². The molecule has 3 nitrogen and oxygen atoms in total. The van der Waals surface area contributed by atoms with E-state index in [1.54, 1.807) is 23.7 Å². The molecular weight excluding hydrogens is 274 g/mol. The van der Waals surface area contributed by atoms with Crippen molar-refractivity contribution in [2.24, 2.45) is 0 Å². The Morgan fingerprint density at radius 1 is 1.33 bits per heavy atom. The Morgan fingerprint density at radius 3 is 3.07 bits per heavy atom. The van der Waals surface area contributed by atoms with Crippen LogP contribution in [0.15, 0.2) is 39.8 Å². The second-order valence-electron chi connectivity index (χ2n) is 3.07. The Hall–Kier alpha value is -1.20. The zero-order valence-electron chi connectivity index (χ0n) is 7.59. The van der Waals surface area contributed by atoms with Gasteiger partial charge in [0, 0.05) is 17.1 Å². The maximum absolute atomic E-state index is 4.29. The van der Waals surface area contributed by atoms with Crippen LogP contribution in [-0.4, -0.2) is 14.6 Å². The monoisotopic (exact) mass is 279 g/mol. The van der Waals surface area contributed by atoms with Crippen LogP contribution in [0.1, 0.15) is 0 Å². The number of fused-ring (bicyclic) bond motifs is 1. The highest BCUT2D eigenvalue weighted by atomic mass is 79.9. The lowest BCUT2D eigenvalue weighted by Gasteiger charge is -2.00. The largest absolute Gasteiger partial charge is 0.236 e. The molecule has 74 valence electrons. The molecule has 0 fully saturated rings. The third-order valence-electron chi connectivity index (χ3n) is 2.18. The first kappa shape index (κ1) is 9.06. The minimum atomic E-state index is 0.846. The molecule has 0 unspecified atom stereocenters. The molecule has 0 amide bonds. The quantitative estimate of drug-likeness (QED) is 0.685. The van der Waals surface area contributed by atoms with Gasteiger partial charge in [-0.1, -0.05) is 0 Å². The normalized spacial score (nSPS) is 11.0. The van der Waals surface area contributed by atoms with Gasteiger partial charge in [0.2, 0.25) is 0 Å². The van der Waals surface area contributed by atoms with Crippen molar-refractivity contribution in [1.29, 1.82) is 0 Å². The lowest BCUT2D eigenvalue weighted by molar-refractivity contribution is 0.948. The topological polar surface area (TPSA) is 30.2 Å². The van der Waals surface area contributed by atoms with Gasteiger partial charge in [-0.05, 0) is 33.4 Å². The van der Waals surface area contributed by atoms with Gasteiger partial charge in [0.25, 0.3) is 0 Å². The van der Waals surface area contributed by atoms with Crippen LogP contribution in [-0.2, 0) is 0 Å². The number of halogens is 1. The smallest absolute Gasteiger partial charge is 0.169 e. The Balaban J connectivity index is 2.36. The number of hydrogen-bond acceptors (Lipinski definition) is 3. The minimum absolute atomic E-state index is 0.846. The second kappa shape index (κ2) is 3.43. The van der Waals surface area contributed by atoms with E-state index in [0.717, 1.165) is 15.8 Å². The maximum Gasteiger partial charge on any atom is 0.169 e. The molecule has 0 saturated heterocycles. The Morgan fingerprint density at radius 2 is 2.27 bits per heavy atom. The molecule has 3 aromatic rings. The highest BCUT2D eigenvalue weighted by molar-refractivity contribution is 9.10. The summed E-state index contributed by atoms with van der Waals surface area (Å²) in [7, 11) is 0. The zero-order chi connectivity index (χ0) is 10.3. The van der Waals surface area contributed by atoms with Gasteiger partial charge in [0.15, 0.2) is 5.65 Å². The summed E-state index contributed by atoms with van der Waals surface area (Å²) < 4.78 is 2.76. The number of thiophene rings is 1. The Bertz CT molecular complexity index is 600. The van der Waals surface area contributed by atoms with Gasteiger partial charge in [0.1, 0.15) is 0 Å². The molecule has 0 spiro atoms. The molecule has 0 radical (unpaired) electrons. The summed E-state index contributed by atoms with van der Waals surface area (Å²) in [6.45, 7) is 0. The van der Waals surface area contributed by atoms with E-state index in [9.17, 15) is 0 Å². The molecular formula is C10H6BrN3S. The van der Waals surface area contributed by atoms with Crippen LogP contribution in [0.4, 0.5) is 0 Å². The number of hydrogen-bond donors (Lipinski definition) is 0. The van der Waals surface area contributed by atoms with Gasteiger partial charge in [-0.25, -0.2) is 9.50 Å². The van der Waals surface area contributed by atoms with Crippen molar-refractivity contribution in [2.45, 2.75) is 0 Å². The predicted molar refractivity (Wildman–Crippen MR) is 64.0 cm³/mol. The van der Waals surface area contributed by atoms with Gasteiger partial charge in [-0.3, -0.25) is 0 Å². The maximum atomic E-state index is 4.29. The summed E-state index contributed by atoms with van der Waals surface area (Å²) >= 11 is 5.10. The molecule has 0 aliphatic rings. The molecule has 5 heteroatoms. The SMILES string of the molecule is Brc1cnn2c(-c3ccsc3)ccnc12. The summed E-state index contributed by atoms with van der Waals surface area (Å²) in [4.78, 5) is 4.27. The van der Waals surface area contributed by atoms with Crippen molar-refractivity contribution in [1.82, 2.24) is 14.6 Å². The number of nitrogens with zero attached hydrogens (tertiary/aromatic N) is 3. The van der Waals surface area contributed by atoms with Gasteiger partial charge in [0.05, 0.1) is 16.4 Å². The van der Waals surface area contributed by atoms with E-state index in [1.807, 2.05) is 10.6 Å². The van der Waals surface area contributed by atoms with Gasteiger partial charge in [-0.2, -0.15) is 16.4 Å². The first-order valence-corrected chi connectivity index (χ1v) is 6.10. The van der Waals surface area contributed by atoms with E-state index in [0.29, 0.717) is 0 Å². The minimum Gasteiger partial charge on any atom is -0.236 e. The molecule has 3 rings (SSSR count). The summed E-state index contributed by atoms with van der Waals surface area (Å²) in [6.07, 6.45) is 3.56. The number of rotatable bonds is 1. The van der Waals surface area contributed by atoms with Gasteiger partial charge in [-0.15, -0.1) is 0 Å². The summed E-state index contributed by atoms with van der Waals surface area (Å²) in [5, 5.41) is 8.44. The van der Waals surface area contributed by atoms with Crippen molar-refractivity contribution in [2.75, 3.05) is 0 Å². The molecule has 0 aromatic carbocycles. The first-order valence-electron chi connectivity index (χ1n) is 4.37. The lowest BCUT2D eigenvalue weighted by atomic mass is 10.2. The third kappa shape index (κ3) is 1.39. The molecule has 0 aliphatic heterocycles. The van der Waals surface area contributed by atoms with Crippen molar-refractivity contribution < 1.29 is 0 Å². The van der Waals surface area contributed by atoms with E-state index >= 15 is 0 Å². The molecule has 0 saturated carbocycles. The van der Waals surface area contributed by atoms with E-state index in [1.165, 1.54) is 5.56 Å².